The van der Waals surface area contributed by atoms with Crippen molar-refractivity contribution in [1.82, 2.24) is 15.3 Å². The lowest BCUT2D eigenvalue weighted by Gasteiger charge is -2.12. The van der Waals surface area contributed by atoms with Gasteiger partial charge < -0.3 is 15.2 Å². The molecule has 0 saturated heterocycles. The van der Waals surface area contributed by atoms with Crippen molar-refractivity contribution in [2.45, 2.75) is 31.5 Å². The number of nitrogens with zero attached hydrogens (tertiary/aromatic N) is 2. The lowest BCUT2D eigenvalue weighted by Crippen LogP contribution is -2.25. The first-order chi connectivity index (χ1) is 12.0. The Morgan fingerprint density at radius 1 is 1.28 bits per heavy atom. The summed E-state index contributed by atoms with van der Waals surface area (Å²) in [4.78, 5) is 32.7. The number of anilines is 1. The maximum absolute atomic E-state index is 12.0. The summed E-state index contributed by atoms with van der Waals surface area (Å²) in [5, 5.41) is 3.37. The largest absolute Gasteiger partial charge is 0.378 e. The van der Waals surface area contributed by atoms with Gasteiger partial charge in [-0.3, -0.25) is 9.59 Å². The molecule has 0 saturated carbocycles. The number of amides is 1. The van der Waals surface area contributed by atoms with E-state index in [0.29, 0.717) is 11.7 Å². The fourth-order valence-electron chi connectivity index (χ4n) is 2.23. The Morgan fingerprint density at radius 3 is 2.64 bits per heavy atom. The molecule has 0 aliphatic heterocycles. The first kappa shape index (κ1) is 19.1. The van der Waals surface area contributed by atoms with Crippen molar-refractivity contribution in [3.63, 3.8) is 0 Å². The number of carbonyl (C=O) groups excluding carboxylic acids is 1. The number of carbonyl (C=O) groups is 1. The van der Waals surface area contributed by atoms with E-state index in [1.54, 1.807) is 0 Å². The van der Waals surface area contributed by atoms with E-state index >= 15 is 0 Å². The Hall–Kier alpha value is -2.28. The molecule has 1 aromatic carbocycles. The highest BCUT2D eigenvalue weighted by Gasteiger charge is 2.06. The van der Waals surface area contributed by atoms with Crippen LogP contribution in [-0.4, -0.2) is 35.7 Å². The Morgan fingerprint density at radius 2 is 2.00 bits per heavy atom. The average molecular weight is 360 g/mol. The third kappa shape index (κ3) is 6.26. The van der Waals surface area contributed by atoms with Crippen molar-refractivity contribution in [3.05, 3.63) is 51.9 Å². The molecule has 134 valence electrons. The van der Waals surface area contributed by atoms with E-state index < -0.39 is 0 Å². The van der Waals surface area contributed by atoms with Crippen LogP contribution in [0.5, 0.6) is 0 Å². The molecular formula is C18H24N4O2S. The van der Waals surface area contributed by atoms with Crippen molar-refractivity contribution in [2.24, 2.45) is 0 Å². The van der Waals surface area contributed by atoms with Crippen LogP contribution in [0.15, 0.2) is 40.3 Å². The zero-order valence-corrected chi connectivity index (χ0v) is 15.7. The van der Waals surface area contributed by atoms with Gasteiger partial charge in [-0.05, 0) is 24.1 Å². The van der Waals surface area contributed by atoms with E-state index in [2.05, 4.69) is 15.3 Å². The van der Waals surface area contributed by atoms with Gasteiger partial charge in [-0.25, -0.2) is 4.98 Å². The molecule has 0 atom stereocenters. The summed E-state index contributed by atoms with van der Waals surface area (Å²) in [6.45, 7) is 2.52. The number of nitrogens with one attached hydrogen (secondary N) is 2. The minimum absolute atomic E-state index is 0.0924. The zero-order chi connectivity index (χ0) is 18.2. The van der Waals surface area contributed by atoms with Crippen molar-refractivity contribution < 1.29 is 4.79 Å². The number of thioether (sulfide) groups is 1. The first-order valence-electron chi connectivity index (χ1n) is 8.24. The van der Waals surface area contributed by atoms with Gasteiger partial charge in [0, 0.05) is 38.1 Å². The fraction of sp³-hybridized carbons (Fsp3) is 0.389. The van der Waals surface area contributed by atoms with Crippen LogP contribution >= 0.6 is 11.8 Å². The predicted molar refractivity (Wildman–Crippen MR) is 102 cm³/mol. The second-order valence-corrected chi connectivity index (χ2v) is 6.88. The highest BCUT2D eigenvalue weighted by molar-refractivity contribution is 7.99. The number of H-pyrrole nitrogens is 1. The molecule has 0 aliphatic rings. The van der Waals surface area contributed by atoms with Crippen LogP contribution in [0.4, 0.5) is 5.69 Å². The Kier molecular flexibility index (Phi) is 7.06. The second kappa shape index (κ2) is 9.27. The van der Waals surface area contributed by atoms with Gasteiger partial charge in [0.1, 0.15) is 0 Å². The molecule has 0 aliphatic carbocycles. The Balaban J connectivity index is 1.83. The molecule has 0 fully saturated rings. The van der Waals surface area contributed by atoms with Gasteiger partial charge >= 0.3 is 0 Å². The fourth-order valence-corrected chi connectivity index (χ4v) is 2.96. The number of rotatable bonds is 8. The third-order valence-electron chi connectivity index (χ3n) is 3.56. The molecule has 1 amide bonds. The van der Waals surface area contributed by atoms with Crippen LogP contribution in [-0.2, 0) is 17.8 Å². The molecule has 0 radical (unpaired) electrons. The van der Waals surface area contributed by atoms with Crippen LogP contribution < -0.4 is 15.8 Å². The minimum atomic E-state index is -0.178. The topological polar surface area (TPSA) is 78.1 Å². The molecular weight excluding hydrogens is 336 g/mol. The summed E-state index contributed by atoms with van der Waals surface area (Å²) < 4.78 is 0. The van der Waals surface area contributed by atoms with E-state index in [0.717, 1.165) is 29.8 Å². The van der Waals surface area contributed by atoms with Crippen molar-refractivity contribution >= 4 is 23.4 Å². The Labute approximate surface area is 152 Å². The lowest BCUT2D eigenvalue weighted by atomic mass is 10.2. The van der Waals surface area contributed by atoms with Gasteiger partial charge in [0.15, 0.2) is 5.16 Å². The third-order valence-corrected chi connectivity index (χ3v) is 4.43. The van der Waals surface area contributed by atoms with E-state index in [4.69, 9.17) is 0 Å². The van der Waals surface area contributed by atoms with Crippen LogP contribution in [0.25, 0.3) is 0 Å². The van der Waals surface area contributed by atoms with Crippen LogP contribution in [0.2, 0.25) is 0 Å². The monoisotopic (exact) mass is 360 g/mol. The molecule has 6 nitrogen and oxygen atoms in total. The smallest absolute Gasteiger partial charge is 0.251 e. The summed E-state index contributed by atoms with van der Waals surface area (Å²) in [5.41, 5.74) is 2.74. The number of hydrogen-bond acceptors (Lipinski definition) is 5. The van der Waals surface area contributed by atoms with Crippen molar-refractivity contribution in [2.75, 3.05) is 24.7 Å². The molecule has 7 heteroatoms. The molecule has 2 aromatic rings. The first-order valence-corrected chi connectivity index (χ1v) is 9.22. The summed E-state index contributed by atoms with van der Waals surface area (Å²) in [6.07, 6.45) is 1.68. The van der Waals surface area contributed by atoms with Gasteiger partial charge in [-0.1, -0.05) is 37.2 Å². The second-order valence-electron chi connectivity index (χ2n) is 5.92. The molecule has 0 unspecified atom stereocenters. The lowest BCUT2D eigenvalue weighted by molar-refractivity contribution is -0.118. The molecule has 25 heavy (non-hydrogen) atoms. The van der Waals surface area contributed by atoms with E-state index in [1.807, 2.05) is 50.2 Å². The molecule has 1 aromatic heterocycles. The summed E-state index contributed by atoms with van der Waals surface area (Å²) in [5.74, 6) is 0.124. The molecule has 1 heterocycles. The van der Waals surface area contributed by atoms with Gasteiger partial charge in [0.05, 0.1) is 5.75 Å². The van der Waals surface area contributed by atoms with E-state index in [9.17, 15) is 9.59 Å². The zero-order valence-electron chi connectivity index (χ0n) is 14.8. The van der Waals surface area contributed by atoms with Crippen LogP contribution in [0.1, 0.15) is 24.6 Å². The quantitative estimate of drug-likeness (QED) is 0.557. The number of hydrogen-bond donors (Lipinski definition) is 2. The molecule has 2 N–H and O–H groups in total. The summed E-state index contributed by atoms with van der Waals surface area (Å²) >= 11 is 1.24. The SMILES string of the molecule is CCCc1cc(=O)[nH]c(SCC(=O)NCc2ccc(N(C)C)cc2)n1. The van der Waals surface area contributed by atoms with Crippen LogP contribution in [0.3, 0.4) is 0 Å². The van der Waals surface area contributed by atoms with Gasteiger partial charge in [-0.15, -0.1) is 0 Å². The van der Waals surface area contributed by atoms with Gasteiger partial charge in [-0.2, -0.15) is 0 Å². The molecule has 0 bridgehead atoms. The molecule has 0 spiro atoms. The average Bonchev–Trinajstić information content (AvgIpc) is 2.58. The standard InChI is InChI=1S/C18H24N4O2S/c1-4-5-14-10-16(23)21-18(20-14)25-12-17(24)19-11-13-6-8-15(9-7-13)22(2)3/h6-10H,4-5,11-12H2,1-3H3,(H,19,24)(H,20,21,23). The van der Waals surface area contributed by atoms with E-state index in [1.165, 1.54) is 17.8 Å². The number of aromatic nitrogens is 2. The predicted octanol–water partition coefficient (Wildman–Crippen LogP) is 2.20. The van der Waals surface area contributed by atoms with Crippen molar-refractivity contribution in [3.8, 4) is 0 Å². The normalized spacial score (nSPS) is 10.5. The number of aryl methyl sites for hydroxylation is 1. The van der Waals surface area contributed by atoms with Crippen LogP contribution in [0, 0.1) is 0 Å². The molecule has 2 rings (SSSR count). The Bertz CT molecular complexity index is 756. The highest BCUT2D eigenvalue weighted by atomic mass is 32.2. The maximum Gasteiger partial charge on any atom is 0.251 e. The summed E-state index contributed by atoms with van der Waals surface area (Å²) in [7, 11) is 3.98. The minimum Gasteiger partial charge on any atom is -0.378 e. The summed E-state index contributed by atoms with van der Waals surface area (Å²) in [6, 6.07) is 9.53. The van der Waals surface area contributed by atoms with Crippen molar-refractivity contribution in [1.29, 1.82) is 0 Å². The number of aromatic amines is 1. The highest BCUT2D eigenvalue weighted by Crippen LogP contribution is 2.13. The van der Waals surface area contributed by atoms with Gasteiger partial charge in [0.2, 0.25) is 5.91 Å². The van der Waals surface area contributed by atoms with Gasteiger partial charge in [0.25, 0.3) is 5.56 Å². The number of benzene rings is 1. The maximum atomic E-state index is 12.0. The van der Waals surface area contributed by atoms with E-state index in [-0.39, 0.29) is 17.2 Å².